The molecule has 2 aromatic rings. The second-order valence-corrected chi connectivity index (χ2v) is 11.0. The van der Waals surface area contributed by atoms with Crippen LogP contribution in [-0.4, -0.2) is 69.8 Å². The van der Waals surface area contributed by atoms with E-state index in [-0.39, 0.29) is 23.7 Å². The average Bonchev–Trinajstić information content (AvgIpc) is 3.21. The van der Waals surface area contributed by atoms with Crippen molar-refractivity contribution in [3.63, 3.8) is 0 Å². The number of phenols is 1. The molecule has 6 rings (SSSR count). The molecule has 1 spiro atoms. The molecule has 36 heavy (non-hydrogen) atoms. The lowest BCUT2D eigenvalue weighted by molar-refractivity contribution is -0.198. The Hall–Kier alpha value is -2.80. The summed E-state index contributed by atoms with van der Waals surface area (Å²) in [4.78, 5) is 17.4. The molecule has 4 aliphatic rings. The van der Waals surface area contributed by atoms with Gasteiger partial charge in [-0.25, -0.2) is 0 Å². The molecule has 2 aromatic carbocycles. The molecule has 0 aromatic heterocycles. The Labute approximate surface area is 216 Å². The van der Waals surface area contributed by atoms with Gasteiger partial charge in [-0.15, -0.1) is 6.58 Å². The van der Waals surface area contributed by atoms with Crippen LogP contribution in [0, 0.1) is 0 Å². The van der Waals surface area contributed by atoms with Crippen molar-refractivity contribution in [3.05, 3.63) is 76.8 Å². The van der Waals surface area contributed by atoms with Gasteiger partial charge in [-0.1, -0.05) is 35.9 Å². The third-order valence-corrected chi connectivity index (χ3v) is 9.25. The van der Waals surface area contributed by atoms with Gasteiger partial charge in [0.2, 0.25) is 5.91 Å². The van der Waals surface area contributed by atoms with Crippen LogP contribution in [0.4, 0.5) is 0 Å². The quantitative estimate of drug-likeness (QED) is 0.475. The number of piperidine rings is 1. The van der Waals surface area contributed by atoms with E-state index in [1.807, 2.05) is 30.3 Å². The molecule has 2 bridgehead atoms. The van der Waals surface area contributed by atoms with Gasteiger partial charge in [0, 0.05) is 36.3 Å². The summed E-state index contributed by atoms with van der Waals surface area (Å²) in [5.74, 6) is 0.441. The van der Waals surface area contributed by atoms with E-state index in [2.05, 4.69) is 11.5 Å². The van der Waals surface area contributed by atoms with Crippen molar-refractivity contribution in [3.8, 4) is 11.5 Å². The molecule has 188 valence electrons. The zero-order valence-electron chi connectivity index (χ0n) is 20.4. The summed E-state index contributed by atoms with van der Waals surface area (Å²) in [5, 5.41) is 23.8. The number of hydrogen-bond acceptors (Lipinski definition) is 5. The number of phenolic OH excluding ortho intramolecular Hbond substituents is 1. The fraction of sp³-hybridized carbons (Fsp3) is 0.414. The number of ether oxygens (including phenoxy) is 1. The normalized spacial score (nSPS) is 32.1. The minimum atomic E-state index is -1.01. The van der Waals surface area contributed by atoms with Gasteiger partial charge in [0.15, 0.2) is 11.5 Å². The van der Waals surface area contributed by atoms with Crippen molar-refractivity contribution in [2.24, 2.45) is 0 Å². The summed E-state index contributed by atoms with van der Waals surface area (Å²) in [6, 6.07) is 10.7. The smallest absolute Gasteiger partial charge is 0.246 e. The van der Waals surface area contributed by atoms with Gasteiger partial charge in [0.25, 0.3) is 0 Å². The number of likely N-dealkylation sites (tertiary alicyclic amines) is 1. The van der Waals surface area contributed by atoms with E-state index in [0.29, 0.717) is 43.0 Å². The first-order valence-electron chi connectivity index (χ1n) is 12.6. The number of benzene rings is 2. The van der Waals surface area contributed by atoms with Gasteiger partial charge in [-0.2, -0.15) is 0 Å². The van der Waals surface area contributed by atoms with Crippen molar-refractivity contribution >= 4 is 23.6 Å². The average molecular weight is 507 g/mol. The van der Waals surface area contributed by atoms with Crippen LogP contribution in [0.3, 0.4) is 0 Å². The van der Waals surface area contributed by atoms with Crippen LogP contribution in [0.2, 0.25) is 5.02 Å². The third kappa shape index (κ3) is 3.14. The molecule has 0 radical (unpaired) electrons. The van der Waals surface area contributed by atoms with Crippen LogP contribution in [0.5, 0.6) is 11.5 Å². The van der Waals surface area contributed by atoms with E-state index in [1.165, 1.54) is 0 Å². The summed E-state index contributed by atoms with van der Waals surface area (Å²) < 4.78 is 6.55. The number of carbonyl (C=O) groups is 1. The number of likely N-dealkylation sites (N-methyl/N-ethyl adjacent to an activating group) is 1. The highest BCUT2D eigenvalue weighted by molar-refractivity contribution is 6.30. The Balaban J connectivity index is 1.38. The van der Waals surface area contributed by atoms with Crippen molar-refractivity contribution in [2.45, 2.75) is 54.9 Å². The van der Waals surface area contributed by atoms with Gasteiger partial charge in [-0.3, -0.25) is 9.69 Å². The lowest BCUT2D eigenvalue weighted by atomic mass is 9.48. The minimum absolute atomic E-state index is 0.0666. The van der Waals surface area contributed by atoms with Crippen molar-refractivity contribution in [1.29, 1.82) is 0 Å². The highest BCUT2D eigenvalue weighted by atomic mass is 35.5. The molecule has 2 aliphatic carbocycles. The molecule has 2 aliphatic heterocycles. The van der Waals surface area contributed by atoms with Crippen molar-refractivity contribution in [2.75, 3.05) is 20.1 Å². The minimum Gasteiger partial charge on any atom is -0.504 e. The van der Waals surface area contributed by atoms with Crippen molar-refractivity contribution in [1.82, 2.24) is 9.80 Å². The Kier molecular flexibility index (Phi) is 5.48. The van der Waals surface area contributed by atoms with Crippen LogP contribution >= 0.6 is 11.6 Å². The topological polar surface area (TPSA) is 73.2 Å². The van der Waals surface area contributed by atoms with Crippen molar-refractivity contribution < 1.29 is 19.7 Å². The van der Waals surface area contributed by atoms with E-state index in [9.17, 15) is 15.0 Å². The van der Waals surface area contributed by atoms with Gasteiger partial charge >= 0.3 is 0 Å². The van der Waals surface area contributed by atoms with Crippen LogP contribution in [0.15, 0.2) is 55.1 Å². The maximum absolute atomic E-state index is 13.3. The lowest BCUT2D eigenvalue weighted by Crippen LogP contribution is -2.78. The predicted molar refractivity (Wildman–Crippen MR) is 139 cm³/mol. The van der Waals surface area contributed by atoms with E-state index in [4.69, 9.17) is 16.3 Å². The maximum Gasteiger partial charge on any atom is 0.246 e. The summed E-state index contributed by atoms with van der Waals surface area (Å²) in [7, 11) is 1.80. The molecule has 2 heterocycles. The summed E-state index contributed by atoms with van der Waals surface area (Å²) in [6.45, 7) is 5.44. The van der Waals surface area contributed by atoms with E-state index in [1.54, 1.807) is 36.2 Å². The number of halogens is 1. The molecule has 1 amide bonds. The first-order valence-corrected chi connectivity index (χ1v) is 13.0. The molecule has 0 unspecified atom stereocenters. The Morgan fingerprint density at radius 3 is 2.94 bits per heavy atom. The Morgan fingerprint density at radius 2 is 2.17 bits per heavy atom. The predicted octanol–water partition coefficient (Wildman–Crippen LogP) is 3.93. The second kappa shape index (κ2) is 8.37. The highest BCUT2D eigenvalue weighted by Crippen LogP contribution is 2.65. The number of amides is 1. The van der Waals surface area contributed by atoms with Crippen LogP contribution in [0.1, 0.15) is 36.0 Å². The first kappa shape index (κ1) is 23.6. The van der Waals surface area contributed by atoms with Gasteiger partial charge in [-0.05, 0) is 67.6 Å². The van der Waals surface area contributed by atoms with E-state index in [0.717, 1.165) is 23.2 Å². The van der Waals surface area contributed by atoms with Gasteiger partial charge < -0.3 is 19.8 Å². The number of nitrogens with zero attached hydrogens (tertiary/aromatic N) is 2. The zero-order valence-corrected chi connectivity index (χ0v) is 21.1. The molecule has 1 saturated carbocycles. The van der Waals surface area contributed by atoms with E-state index >= 15 is 0 Å². The largest absolute Gasteiger partial charge is 0.504 e. The van der Waals surface area contributed by atoms with E-state index < -0.39 is 17.1 Å². The maximum atomic E-state index is 13.3. The first-order chi connectivity index (χ1) is 17.3. The number of hydrogen-bond donors (Lipinski definition) is 2. The fourth-order valence-corrected chi connectivity index (χ4v) is 7.64. The Morgan fingerprint density at radius 1 is 1.33 bits per heavy atom. The van der Waals surface area contributed by atoms with Gasteiger partial charge in [0.1, 0.15) is 6.10 Å². The van der Waals surface area contributed by atoms with Crippen LogP contribution in [-0.2, 0) is 16.6 Å². The molecule has 6 nitrogen and oxygen atoms in total. The molecule has 1 saturated heterocycles. The van der Waals surface area contributed by atoms with Crippen LogP contribution < -0.4 is 4.74 Å². The molecule has 5 atom stereocenters. The SMILES string of the molecule is C=CCN1CC[C@]23c4c5ccc(O)c4O[C@H]2[C@@H](N(C)C(=O)C=Cc2cccc(Cl)c2)CC[C@@]3(O)[C@H]1C5. The molecule has 7 heteroatoms. The third-order valence-electron chi connectivity index (χ3n) is 9.02. The molecule has 2 N–H and O–H groups in total. The summed E-state index contributed by atoms with van der Waals surface area (Å²) >= 11 is 6.09. The highest BCUT2D eigenvalue weighted by Gasteiger charge is 2.73. The van der Waals surface area contributed by atoms with Crippen LogP contribution in [0.25, 0.3) is 6.08 Å². The number of aromatic hydroxyl groups is 1. The zero-order chi connectivity index (χ0) is 25.2. The summed E-state index contributed by atoms with van der Waals surface area (Å²) in [6.07, 6.45) is 7.34. The standard InChI is InChI=1S/C29H31ClN2O4/c1-3-14-32-15-13-28-25-19-8-9-22(33)26(25)36-27(28)21(11-12-29(28,35)23(32)17-19)31(2)24(34)10-7-18-5-4-6-20(30)16-18/h3-10,16,21,23,27,33,35H,1,11-15,17H2,2H3/t21-,23+,27-,28-,29+/m0/s1. The molecule has 2 fully saturated rings. The fourth-order valence-electron chi connectivity index (χ4n) is 7.44. The number of rotatable bonds is 5. The number of carbonyl (C=O) groups excluding carboxylic acids is 1. The summed E-state index contributed by atoms with van der Waals surface area (Å²) in [5.41, 5.74) is 1.23. The number of aliphatic hydroxyl groups is 1. The molecular weight excluding hydrogens is 476 g/mol. The lowest BCUT2D eigenvalue weighted by Gasteiger charge is -2.64. The van der Waals surface area contributed by atoms with Gasteiger partial charge in [0.05, 0.1) is 17.1 Å². The Bertz CT molecular complexity index is 1280. The molecular formula is C29H31ClN2O4. The second-order valence-electron chi connectivity index (χ2n) is 10.6. The monoisotopic (exact) mass is 506 g/mol.